The minimum absolute atomic E-state index is 0.0244. The molecule has 68 heavy (non-hydrogen) atoms. The molecule has 0 spiro atoms. The number of hydrogen-bond acceptors (Lipinski definition) is 12. The standard InChI is InChI=1S/C56H42O12/c57-31-9-1-25(2-10-31)43-47-39-23-41(66)56-53(46(30-19-37(63)22-38(64)20-30)55(68-56)28-7-15-34(60)16-8-28)48(39)51(43)44(26-3-11-32(58)12-4-26)49-40(65)24-42-50(52(47)49)45(29-17-35(61)21-36(62)18-29)54(67-42)27-5-13-33(59)14-6-27/h1-24,43-47,51,54-55,57-66H/t43-,44+,45-,46+,47?,51?,54-,55+/m0/s1. The summed E-state index contributed by atoms with van der Waals surface area (Å²) in [6.45, 7) is 0. The minimum Gasteiger partial charge on any atom is -0.508 e. The predicted octanol–water partition coefficient (Wildman–Crippen LogP) is 10.4. The fourth-order valence-corrected chi connectivity index (χ4v) is 12.0. The van der Waals surface area contributed by atoms with Crippen LogP contribution >= 0.6 is 0 Å². The van der Waals surface area contributed by atoms with Crippen molar-refractivity contribution >= 4 is 0 Å². The van der Waals surface area contributed by atoms with Crippen LogP contribution in [0.3, 0.4) is 0 Å². The average Bonchev–Trinajstić information content (AvgIpc) is 3.96. The van der Waals surface area contributed by atoms with Crippen LogP contribution in [0.2, 0.25) is 0 Å². The Morgan fingerprint density at radius 3 is 1.22 bits per heavy atom. The lowest BCUT2D eigenvalue weighted by Crippen LogP contribution is -2.28. The van der Waals surface area contributed by atoms with Crippen molar-refractivity contribution in [2.45, 2.75) is 47.7 Å². The van der Waals surface area contributed by atoms with Crippen LogP contribution in [-0.2, 0) is 0 Å². The fourth-order valence-electron chi connectivity index (χ4n) is 12.0. The van der Waals surface area contributed by atoms with Crippen molar-refractivity contribution in [2.75, 3.05) is 0 Å². The van der Waals surface area contributed by atoms with Gasteiger partial charge in [0.15, 0.2) is 11.5 Å². The maximum absolute atomic E-state index is 12.7. The molecule has 12 nitrogen and oxygen atoms in total. The van der Waals surface area contributed by atoms with E-state index in [4.69, 9.17) is 9.47 Å². The molecule has 0 radical (unpaired) electrons. The molecule has 8 aromatic rings. The maximum Gasteiger partial charge on any atom is 0.166 e. The number of fused-ring (bicyclic) bond motifs is 11. The number of hydrogen-bond donors (Lipinski definition) is 10. The van der Waals surface area contributed by atoms with Crippen molar-refractivity contribution in [1.82, 2.24) is 0 Å². The van der Waals surface area contributed by atoms with Gasteiger partial charge in [0.25, 0.3) is 0 Å². The van der Waals surface area contributed by atoms with Gasteiger partial charge < -0.3 is 60.5 Å². The Morgan fingerprint density at radius 2 is 0.721 bits per heavy atom. The first-order chi connectivity index (χ1) is 32.8. The Morgan fingerprint density at radius 1 is 0.279 bits per heavy atom. The Hall–Kier alpha value is -8.64. The normalized spacial score (nSPS) is 22.6. The molecule has 12 rings (SSSR count). The van der Waals surface area contributed by atoms with E-state index < -0.39 is 47.7 Å². The summed E-state index contributed by atoms with van der Waals surface area (Å²) in [6.07, 6.45) is -1.64. The summed E-state index contributed by atoms with van der Waals surface area (Å²) in [5.74, 6) is -4.32. The first-order valence-electron chi connectivity index (χ1n) is 22.2. The molecular formula is C56H42O12. The van der Waals surface area contributed by atoms with E-state index in [2.05, 4.69) is 0 Å². The number of aromatic hydroxyl groups is 10. The largest absolute Gasteiger partial charge is 0.508 e. The van der Waals surface area contributed by atoms with E-state index in [0.29, 0.717) is 55.8 Å². The van der Waals surface area contributed by atoms with Gasteiger partial charge in [0.05, 0.1) is 11.8 Å². The highest BCUT2D eigenvalue weighted by molar-refractivity contribution is 5.75. The molecule has 2 aliphatic carbocycles. The molecule has 0 saturated carbocycles. The van der Waals surface area contributed by atoms with Crippen molar-refractivity contribution in [1.29, 1.82) is 0 Å². The first kappa shape index (κ1) is 40.8. The zero-order valence-corrected chi connectivity index (χ0v) is 35.8. The molecule has 0 saturated heterocycles. The first-order valence-corrected chi connectivity index (χ1v) is 22.2. The lowest BCUT2D eigenvalue weighted by molar-refractivity contribution is 0.215. The molecule has 12 heteroatoms. The average molecular weight is 907 g/mol. The van der Waals surface area contributed by atoms with Crippen LogP contribution in [-0.4, -0.2) is 51.1 Å². The van der Waals surface area contributed by atoms with Gasteiger partial charge in [-0.2, -0.15) is 0 Å². The van der Waals surface area contributed by atoms with Gasteiger partial charge in [0.2, 0.25) is 0 Å². The fraction of sp³-hybridized carbons (Fsp3) is 0.143. The Bertz CT molecular complexity index is 3290. The summed E-state index contributed by atoms with van der Waals surface area (Å²) < 4.78 is 13.7. The second-order valence-corrected chi connectivity index (χ2v) is 18.2. The van der Waals surface area contributed by atoms with Gasteiger partial charge in [-0.05, 0) is 129 Å². The Balaban J connectivity index is 1.21. The third-order valence-electron chi connectivity index (χ3n) is 14.4. The second kappa shape index (κ2) is 14.9. The van der Waals surface area contributed by atoms with Gasteiger partial charge in [0.1, 0.15) is 69.7 Å². The predicted molar refractivity (Wildman–Crippen MR) is 248 cm³/mol. The van der Waals surface area contributed by atoms with E-state index in [1.54, 1.807) is 97.1 Å². The van der Waals surface area contributed by atoms with Gasteiger partial charge in [-0.15, -0.1) is 0 Å². The summed E-state index contributed by atoms with van der Waals surface area (Å²) in [5, 5.41) is 111. The molecule has 2 heterocycles. The van der Waals surface area contributed by atoms with Crippen LogP contribution in [0.1, 0.15) is 114 Å². The van der Waals surface area contributed by atoms with Gasteiger partial charge in [-0.1, -0.05) is 48.5 Å². The van der Waals surface area contributed by atoms with Crippen LogP contribution < -0.4 is 9.47 Å². The van der Waals surface area contributed by atoms with Crippen LogP contribution in [0, 0.1) is 0 Å². The molecule has 2 aliphatic heterocycles. The van der Waals surface area contributed by atoms with Crippen LogP contribution in [0.25, 0.3) is 0 Å². The topological polar surface area (TPSA) is 221 Å². The second-order valence-electron chi connectivity index (χ2n) is 18.2. The van der Waals surface area contributed by atoms with E-state index in [0.717, 1.165) is 16.7 Å². The van der Waals surface area contributed by atoms with Crippen molar-refractivity contribution in [3.05, 3.63) is 212 Å². The third-order valence-corrected chi connectivity index (χ3v) is 14.4. The highest BCUT2D eigenvalue weighted by atomic mass is 16.5. The van der Waals surface area contributed by atoms with Gasteiger partial charge in [0, 0.05) is 58.6 Å². The van der Waals surface area contributed by atoms with Crippen LogP contribution in [0.4, 0.5) is 0 Å². The lowest BCUT2D eigenvalue weighted by atomic mass is 9.60. The Kier molecular flexibility index (Phi) is 8.97. The zero-order chi connectivity index (χ0) is 46.9. The number of phenolic OH excluding ortho intramolecular Hbond substituents is 10. The molecule has 8 aromatic carbocycles. The summed E-state index contributed by atoms with van der Waals surface area (Å²) in [6, 6.07) is 38.8. The molecule has 0 fully saturated rings. The van der Waals surface area contributed by atoms with Crippen LogP contribution in [0.5, 0.6) is 69.0 Å². The zero-order valence-electron chi connectivity index (χ0n) is 35.8. The van der Waals surface area contributed by atoms with Gasteiger partial charge in [-0.3, -0.25) is 0 Å². The highest BCUT2D eigenvalue weighted by Crippen LogP contribution is 2.73. The van der Waals surface area contributed by atoms with E-state index in [1.807, 2.05) is 24.3 Å². The molecule has 0 amide bonds. The summed E-state index contributed by atoms with van der Waals surface area (Å²) in [5.41, 5.74) is 7.73. The highest BCUT2D eigenvalue weighted by Gasteiger charge is 2.58. The molecule has 2 unspecified atom stereocenters. The number of ether oxygens (including phenoxy) is 2. The number of rotatable bonds is 6. The maximum atomic E-state index is 12.7. The SMILES string of the molecule is Oc1ccc([C@@H]2c3c(O)cc4c(c3C3c5cc(O)c6c(c5C2[C@H]3c2ccc(O)cc2)[C@@H](c2cc(O)cc(O)c2)[C@@H](c2ccc(O)cc2)O6)[C@H](c2cc(O)cc(O)c2)[C@H](c2ccc(O)cc2)O4)cc1. The molecule has 10 N–H and O–H groups in total. The van der Waals surface area contributed by atoms with E-state index in [1.165, 1.54) is 24.3 Å². The van der Waals surface area contributed by atoms with Crippen LogP contribution in [0.15, 0.2) is 146 Å². The quantitative estimate of drug-likeness (QED) is 0.0753. The molecule has 338 valence electrons. The number of benzene rings is 8. The molecule has 4 aliphatic rings. The van der Waals surface area contributed by atoms with Gasteiger partial charge >= 0.3 is 0 Å². The van der Waals surface area contributed by atoms with Crippen molar-refractivity contribution in [3.8, 4) is 69.0 Å². The smallest absolute Gasteiger partial charge is 0.166 e. The summed E-state index contributed by atoms with van der Waals surface area (Å²) in [7, 11) is 0. The van der Waals surface area contributed by atoms with Crippen molar-refractivity contribution in [2.24, 2.45) is 0 Å². The lowest BCUT2D eigenvalue weighted by Gasteiger charge is -2.41. The monoisotopic (exact) mass is 906 g/mol. The van der Waals surface area contributed by atoms with Crippen molar-refractivity contribution in [3.63, 3.8) is 0 Å². The Labute approximate surface area is 388 Å². The summed E-state index contributed by atoms with van der Waals surface area (Å²) >= 11 is 0. The molecule has 0 aromatic heterocycles. The molecular weight excluding hydrogens is 865 g/mol. The minimum atomic E-state index is -0.841. The summed E-state index contributed by atoms with van der Waals surface area (Å²) in [4.78, 5) is 0. The third kappa shape index (κ3) is 6.20. The molecule has 8 atom stereocenters. The van der Waals surface area contributed by atoms with Gasteiger partial charge in [-0.25, -0.2) is 0 Å². The molecule has 2 bridgehead atoms. The number of phenols is 10. The van der Waals surface area contributed by atoms with E-state index in [9.17, 15) is 51.1 Å². The van der Waals surface area contributed by atoms with E-state index >= 15 is 0 Å². The van der Waals surface area contributed by atoms with E-state index in [-0.39, 0.29) is 63.2 Å². The van der Waals surface area contributed by atoms with Crippen molar-refractivity contribution < 1.29 is 60.5 Å².